The summed E-state index contributed by atoms with van der Waals surface area (Å²) in [6, 6.07) is 13.1. The molecule has 1 amide bonds. The number of nitrogens with one attached hydrogen (secondary N) is 3. The standard InChI is InChI=1S/C27H31ClN6O4/c1-37-23-6-4-18-12-24(23)38-10-2-8-29-27(36)19-15-34(9-7-22(19)35)14-17-3-5-20(28)21(11-17)33-26-13-25(32-18)30-16-31-26/h3-6,11-13,16,19,22,35H,2,7-10,14-15H2,1H3,(H,29,36)(H2,30,31,32,33). The molecule has 1 saturated heterocycles. The summed E-state index contributed by atoms with van der Waals surface area (Å²) in [5.41, 5.74) is 2.51. The number of ether oxygens (including phenoxy) is 2. The van der Waals surface area contributed by atoms with E-state index in [2.05, 4.69) is 30.8 Å². The number of fused-ring (bicyclic) bond motifs is 8. The fraction of sp³-hybridized carbons (Fsp3) is 0.370. The minimum absolute atomic E-state index is 0.145. The van der Waals surface area contributed by atoms with Crippen LogP contribution in [0.1, 0.15) is 18.4 Å². The third-order valence-electron chi connectivity index (χ3n) is 6.68. The summed E-state index contributed by atoms with van der Waals surface area (Å²) >= 11 is 6.50. The second-order valence-corrected chi connectivity index (χ2v) is 9.82. The monoisotopic (exact) mass is 538 g/mol. The first kappa shape index (κ1) is 26.0. The van der Waals surface area contributed by atoms with E-state index < -0.39 is 12.0 Å². The molecule has 3 aromatic rings. The van der Waals surface area contributed by atoms with Crippen LogP contribution in [-0.2, 0) is 11.3 Å². The van der Waals surface area contributed by atoms with Crippen molar-refractivity contribution in [3.63, 3.8) is 0 Å². The molecule has 3 unspecified atom stereocenters. The number of nitrogens with zero attached hydrogens (tertiary/aromatic N) is 3. The molecule has 4 N–H and O–H groups in total. The van der Waals surface area contributed by atoms with Gasteiger partial charge in [0.1, 0.15) is 18.0 Å². The van der Waals surface area contributed by atoms with Gasteiger partial charge in [0, 0.05) is 44.0 Å². The quantitative estimate of drug-likeness (QED) is 0.367. The van der Waals surface area contributed by atoms with Crippen molar-refractivity contribution in [1.29, 1.82) is 0 Å². The van der Waals surface area contributed by atoms with Gasteiger partial charge in [-0.25, -0.2) is 9.97 Å². The van der Waals surface area contributed by atoms with Crippen molar-refractivity contribution in [2.24, 2.45) is 5.92 Å². The second kappa shape index (κ2) is 11.8. The third kappa shape index (κ3) is 6.27. The molecule has 2 aromatic carbocycles. The first-order valence-corrected chi connectivity index (χ1v) is 13.0. The molecule has 38 heavy (non-hydrogen) atoms. The van der Waals surface area contributed by atoms with E-state index in [9.17, 15) is 9.90 Å². The number of rotatable bonds is 1. The third-order valence-corrected chi connectivity index (χ3v) is 7.01. The van der Waals surface area contributed by atoms with Gasteiger partial charge in [0.05, 0.1) is 36.4 Å². The van der Waals surface area contributed by atoms with E-state index in [0.717, 1.165) is 11.3 Å². The SMILES string of the molecule is COc1ccc2cc1OCCCNC(=O)C1CN(CCC1O)Cc1ccc(Cl)c(c1)Nc1cc(ncn1)N2. The van der Waals surface area contributed by atoms with Crippen LogP contribution in [0.5, 0.6) is 11.5 Å². The average Bonchev–Trinajstić information content (AvgIpc) is 2.91. The number of halogens is 1. The number of carbonyl (C=O) groups excluding carboxylic acids is 1. The van der Waals surface area contributed by atoms with Gasteiger partial charge >= 0.3 is 0 Å². The van der Waals surface area contributed by atoms with E-state index in [-0.39, 0.29) is 5.91 Å². The molecular formula is C27H31ClN6O4. The Balaban J connectivity index is 1.44. The van der Waals surface area contributed by atoms with Gasteiger partial charge in [-0.05, 0) is 42.7 Å². The van der Waals surface area contributed by atoms with Crippen LogP contribution >= 0.6 is 11.6 Å². The number of methoxy groups -OCH3 is 1. The first-order chi connectivity index (χ1) is 18.5. The maximum absolute atomic E-state index is 12.9. The van der Waals surface area contributed by atoms with Crippen LogP contribution < -0.4 is 25.4 Å². The van der Waals surface area contributed by atoms with Crippen LogP contribution in [0.3, 0.4) is 0 Å². The Labute approximate surface area is 226 Å². The highest BCUT2D eigenvalue weighted by Crippen LogP contribution is 2.32. The summed E-state index contributed by atoms with van der Waals surface area (Å²) < 4.78 is 11.4. The summed E-state index contributed by atoms with van der Waals surface area (Å²) in [6.45, 7) is 2.63. The number of hydrogen-bond donors (Lipinski definition) is 4. The Morgan fingerprint density at radius 1 is 1.13 bits per heavy atom. The molecule has 11 heteroatoms. The summed E-state index contributed by atoms with van der Waals surface area (Å²) in [5, 5.41) is 20.6. The summed E-state index contributed by atoms with van der Waals surface area (Å²) in [7, 11) is 1.59. The number of aromatic nitrogens is 2. The lowest BCUT2D eigenvalue weighted by Gasteiger charge is -2.35. The van der Waals surface area contributed by atoms with Crippen LogP contribution in [0.15, 0.2) is 48.8 Å². The molecule has 2 aliphatic rings. The summed E-state index contributed by atoms with van der Waals surface area (Å²) in [5.74, 6) is 1.71. The molecule has 200 valence electrons. The number of aliphatic hydroxyl groups is 1. The molecule has 2 aliphatic heterocycles. The molecular weight excluding hydrogens is 508 g/mol. The van der Waals surface area contributed by atoms with Crippen molar-refractivity contribution < 1.29 is 19.4 Å². The molecule has 0 spiro atoms. The van der Waals surface area contributed by atoms with Gasteiger partial charge < -0.3 is 30.5 Å². The van der Waals surface area contributed by atoms with Crippen molar-refractivity contribution in [2.45, 2.75) is 25.5 Å². The predicted octanol–water partition coefficient (Wildman–Crippen LogP) is 3.71. The Hall–Kier alpha value is -3.60. The Bertz CT molecular complexity index is 1290. The number of amides is 1. The van der Waals surface area contributed by atoms with Crippen molar-refractivity contribution in [2.75, 3.05) is 44.0 Å². The molecule has 0 saturated carbocycles. The van der Waals surface area contributed by atoms with Crippen LogP contribution in [0.4, 0.5) is 23.0 Å². The highest BCUT2D eigenvalue weighted by molar-refractivity contribution is 6.33. The van der Waals surface area contributed by atoms with Gasteiger partial charge in [0.2, 0.25) is 5.91 Å². The molecule has 1 fully saturated rings. The fourth-order valence-corrected chi connectivity index (χ4v) is 4.84. The highest BCUT2D eigenvalue weighted by atomic mass is 35.5. The molecule has 10 nitrogen and oxygen atoms in total. The number of aliphatic hydroxyl groups excluding tert-OH is 1. The molecule has 1 aromatic heterocycles. The van der Waals surface area contributed by atoms with E-state index in [1.54, 1.807) is 13.2 Å². The van der Waals surface area contributed by atoms with Gasteiger partial charge in [-0.15, -0.1) is 0 Å². The van der Waals surface area contributed by atoms with Gasteiger partial charge in [-0.1, -0.05) is 17.7 Å². The number of carbonyl (C=O) groups is 1. The minimum Gasteiger partial charge on any atom is -0.493 e. The Morgan fingerprint density at radius 3 is 2.82 bits per heavy atom. The van der Waals surface area contributed by atoms with Crippen molar-refractivity contribution >= 4 is 40.5 Å². The van der Waals surface area contributed by atoms with E-state index in [1.165, 1.54) is 6.33 Å². The molecule has 3 atom stereocenters. The smallest absolute Gasteiger partial charge is 0.227 e. The number of benzene rings is 2. The lowest BCUT2D eigenvalue weighted by atomic mass is 9.93. The molecule has 5 rings (SSSR count). The zero-order valence-electron chi connectivity index (χ0n) is 21.1. The Kier molecular flexibility index (Phi) is 8.11. The van der Waals surface area contributed by atoms with Crippen molar-refractivity contribution in [3.05, 3.63) is 59.4 Å². The van der Waals surface area contributed by atoms with Crippen LogP contribution in [0.2, 0.25) is 5.02 Å². The van der Waals surface area contributed by atoms with E-state index in [0.29, 0.717) is 79.5 Å². The first-order valence-electron chi connectivity index (χ1n) is 12.6. The number of hydrogen-bond acceptors (Lipinski definition) is 9. The average molecular weight is 539 g/mol. The lowest BCUT2D eigenvalue weighted by molar-refractivity contribution is -0.131. The van der Waals surface area contributed by atoms with Crippen LogP contribution in [0, 0.1) is 5.92 Å². The highest BCUT2D eigenvalue weighted by Gasteiger charge is 2.33. The van der Waals surface area contributed by atoms with Crippen molar-refractivity contribution in [1.82, 2.24) is 20.2 Å². The minimum atomic E-state index is -0.669. The zero-order chi connectivity index (χ0) is 26.5. The Morgan fingerprint density at radius 2 is 1.97 bits per heavy atom. The molecule has 0 aliphatic carbocycles. The fourth-order valence-electron chi connectivity index (χ4n) is 4.68. The topological polar surface area (TPSA) is 121 Å². The van der Waals surface area contributed by atoms with E-state index >= 15 is 0 Å². The van der Waals surface area contributed by atoms with Gasteiger partial charge in [0.25, 0.3) is 0 Å². The van der Waals surface area contributed by atoms with Gasteiger partial charge in [-0.3, -0.25) is 9.69 Å². The predicted molar refractivity (Wildman–Crippen MR) is 146 cm³/mol. The summed E-state index contributed by atoms with van der Waals surface area (Å²) in [6.07, 6.45) is 1.94. The number of piperidine rings is 1. The van der Waals surface area contributed by atoms with Gasteiger partial charge in [-0.2, -0.15) is 0 Å². The van der Waals surface area contributed by atoms with Crippen LogP contribution in [-0.4, -0.2) is 65.3 Å². The molecule has 3 heterocycles. The summed E-state index contributed by atoms with van der Waals surface area (Å²) in [4.78, 5) is 23.8. The molecule has 0 radical (unpaired) electrons. The van der Waals surface area contributed by atoms with Gasteiger partial charge in [0.15, 0.2) is 11.5 Å². The van der Waals surface area contributed by atoms with E-state index in [4.69, 9.17) is 21.1 Å². The zero-order valence-corrected chi connectivity index (χ0v) is 21.9. The van der Waals surface area contributed by atoms with Crippen LogP contribution in [0.25, 0.3) is 0 Å². The lowest BCUT2D eigenvalue weighted by Crippen LogP contribution is -2.49. The normalized spacial score (nSPS) is 22.0. The maximum Gasteiger partial charge on any atom is 0.227 e. The van der Waals surface area contributed by atoms with Crippen molar-refractivity contribution in [3.8, 4) is 11.5 Å². The largest absolute Gasteiger partial charge is 0.493 e. The maximum atomic E-state index is 12.9. The number of anilines is 4. The molecule has 8 bridgehead atoms. The second-order valence-electron chi connectivity index (χ2n) is 9.41. The van der Waals surface area contributed by atoms with E-state index in [1.807, 2.05) is 36.4 Å².